The second-order valence-electron chi connectivity index (χ2n) is 7.63. The fourth-order valence-corrected chi connectivity index (χ4v) is 3.50. The minimum atomic E-state index is -0.292. The zero-order valence-electron chi connectivity index (χ0n) is 18.7. The van der Waals surface area contributed by atoms with Gasteiger partial charge < -0.3 is 24.6 Å². The van der Waals surface area contributed by atoms with Crippen molar-refractivity contribution in [3.05, 3.63) is 42.2 Å². The molecular formula is C22H27N7O3. The summed E-state index contributed by atoms with van der Waals surface area (Å²) in [6.07, 6.45) is 1.64. The predicted octanol–water partition coefficient (Wildman–Crippen LogP) is 2.04. The van der Waals surface area contributed by atoms with Gasteiger partial charge in [0, 0.05) is 39.8 Å². The Labute approximate surface area is 186 Å². The average molecular weight is 438 g/mol. The van der Waals surface area contributed by atoms with Gasteiger partial charge in [-0.05, 0) is 18.2 Å². The highest BCUT2D eigenvalue weighted by Gasteiger charge is 2.20. The number of hydrogen-bond donors (Lipinski definition) is 1. The number of morpholine rings is 1. The molecule has 168 valence electrons. The molecule has 3 aromatic rings. The van der Waals surface area contributed by atoms with Crippen LogP contribution in [-0.4, -0.2) is 73.2 Å². The number of nitrogens with zero attached hydrogens (tertiary/aromatic N) is 6. The molecule has 1 aromatic carbocycles. The number of methoxy groups -OCH3 is 1. The number of benzene rings is 1. The minimum Gasteiger partial charge on any atom is -0.497 e. The van der Waals surface area contributed by atoms with E-state index < -0.39 is 0 Å². The number of anilines is 3. The molecule has 10 heteroatoms. The number of ether oxygens (including phenoxy) is 2. The Morgan fingerprint density at radius 2 is 2.00 bits per heavy atom. The number of carbonyl (C=O) groups is 1. The zero-order valence-corrected chi connectivity index (χ0v) is 18.7. The van der Waals surface area contributed by atoms with Crippen LogP contribution in [0, 0.1) is 0 Å². The Hall–Kier alpha value is -3.66. The largest absolute Gasteiger partial charge is 0.497 e. The third kappa shape index (κ3) is 4.50. The molecule has 1 aliphatic rings. The van der Waals surface area contributed by atoms with Gasteiger partial charge in [-0.25, -0.2) is 4.98 Å². The van der Waals surface area contributed by atoms with Crippen LogP contribution in [0.5, 0.6) is 5.75 Å². The first-order chi connectivity index (χ1) is 15.5. The van der Waals surface area contributed by atoms with Crippen LogP contribution >= 0.6 is 0 Å². The molecule has 0 atom stereocenters. The molecule has 10 nitrogen and oxygen atoms in total. The minimum absolute atomic E-state index is 0.292. The Balaban J connectivity index is 1.57. The highest BCUT2D eigenvalue weighted by molar-refractivity contribution is 6.05. The van der Waals surface area contributed by atoms with E-state index >= 15 is 0 Å². The maximum absolute atomic E-state index is 13.1. The molecule has 0 saturated carbocycles. The van der Waals surface area contributed by atoms with Gasteiger partial charge in [0.25, 0.3) is 5.91 Å². The van der Waals surface area contributed by atoms with Gasteiger partial charge in [-0.1, -0.05) is 12.1 Å². The number of aromatic nitrogens is 4. The van der Waals surface area contributed by atoms with Crippen molar-refractivity contribution in [1.82, 2.24) is 19.7 Å². The second kappa shape index (κ2) is 9.23. The zero-order chi connectivity index (χ0) is 22.7. The van der Waals surface area contributed by atoms with E-state index in [1.165, 1.54) is 0 Å². The third-order valence-electron chi connectivity index (χ3n) is 5.20. The lowest BCUT2D eigenvalue weighted by Crippen LogP contribution is -2.37. The lowest BCUT2D eigenvalue weighted by atomic mass is 10.1. The number of nitrogens with one attached hydrogen (secondary N) is 1. The quantitative estimate of drug-likeness (QED) is 0.626. The van der Waals surface area contributed by atoms with Crippen LogP contribution < -0.4 is 19.9 Å². The Bertz CT molecular complexity index is 1110. The van der Waals surface area contributed by atoms with Crippen LogP contribution in [-0.2, 0) is 11.8 Å². The van der Waals surface area contributed by atoms with Gasteiger partial charge in [-0.3, -0.25) is 9.48 Å². The third-order valence-corrected chi connectivity index (χ3v) is 5.20. The van der Waals surface area contributed by atoms with Crippen LogP contribution in [0.25, 0.3) is 11.3 Å². The van der Waals surface area contributed by atoms with Crippen molar-refractivity contribution in [1.29, 1.82) is 0 Å². The predicted molar refractivity (Wildman–Crippen MR) is 123 cm³/mol. The summed E-state index contributed by atoms with van der Waals surface area (Å²) in [7, 11) is 7.12. The maximum Gasteiger partial charge on any atom is 0.274 e. The molecule has 0 spiro atoms. The molecular weight excluding hydrogens is 410 g/mol. The van der Waals surface area contributed by atoms with Gasteiger partial charge in [0.05, 0.1) is 32.2 Å². The lowest BCUT2D eigenvalue weighted by molar-refractivity contribution is 0.101. The summed E-state index contributed by atoms with van der Waals surface area (Å²) in [6.45, 7) is 2.77. The summed E-state index contributed by atoms with van der Waals surface area (Å²) < 4.78 is 12.2. The van der Waals surface area contributed by atoms with E-state index in [1.54, 1.807) is 31.1 Å². The summed E-state index contributed by atoms with van der Waals surface area (Å²) in [5.41, 5.74) is 2.50. The van der Waals surface area contributed by atoms with Crippen molar-refractivity contribution in [3.8, 4) is 17.0 Å². The highest BCUT2D eigenvalue weighted by atomic mass is 16.5. The van der Waals surface area contributed by atoms with Crippen molar-refractivity contribution >= 4 is 23.4 Å². The number of rotatable bonds is 6. The monoisotopic (exact) mass is 437 g/mol. The molecule has 1 saturated heterocycles. The normalized spacial score (nSPS) is 13.7. The van der Waals surface area contributed by atoms with E-state index in [0.29, 0.717) is 42.1 Å². The number of hydrogen-bond acceptors (Lipinski definition) is 8. The first-order valence-electron chi connectivity index (χ1n) is 10.3. The maximum atomic E-state index is 13.1. The molecule has 3 heterocycles. The van der Waals surface area contributed by atoms with Gasteiger partial charge in [0.1, 0.15) is 17.1 Å². The smallest absolute Gasteiger partial charge is 0.274 e. The van der Waals surface area contributed by atoms with Gasteiger partial charge >= 0.3 is 0 Å². The summed E-state index contributed by atoms with van der Waals surface area (Å²) >= 11 is 0. The molecule has 0 bridgehead atoms. The molecule has 0 aliphatic carbocycles. The van der Waals surface area contributed by atoms with E-state index in [9.17, 15) is 4.79 Å². The Morgan fingerprint density at radius 1 is 1.22 bits per heavy atom. The topological polar surface area (TPSA) is 97.6 Å². The standard InChI is InChI=1S/C22H27N7O3/c1-27(2)20-18(14-23-22(25-20)29-8-10-32-11-9-29)24-21(30)19-13-17(26-28(19)3)15-6-5-7-16(12-15)31-4/h5-7,12-14H,8-11H2,1-4H3,(H,24,30). The molecule has 1 amide bonds. The summed E-state index contributed by atoms with van der Waals surface area (Å²) in [6, 6.07) is 9.31. The Morgan fingerprint density at radius 3 is 2.72 bits per heavy atom. The van der Waals surface area contributed by atoms with Gasteiger partial charge in [0.2, 0.25) is 5.95 Å². The van der Waals surface area contributed by atoms with Gasteiger partial charge in [0.15, 0.2) is 5.82 Å². The van der Waals surface area contributed by atoms with Crippen molar-refractivity contribution < 1.29 is 14.3 Å². The van der Waals surface area contributed by atoms with Crippen molar-refractivity contribution in [2.24, 2.45) is 7.05 Å². The molecule has 32 heavy (non-hydrogen) atoms. The summed E-state index contributed by atoms with van der Waals surface area (Å²) in [4.78, 5) is 26.1. The Kier molecular flexibility index (Phi) is 6.22. The number of carbonyl (C=O) groups excluding carboxylic acids is 1. The van der Waals surface area contributed by atoms with Crippen LogP contribution in [0.3, 0.4) is 0 Å². The van der Waals surface area contributed by atoms with E-state index in [4.69, 9.17) is 9.47 Å². The second-order valence-corrected chi connectivity index (χ2v) is 7.63. The molecule has 1 N–H and O–H groups in total. The number of amides is 1. The fraction of sp³-hybridized carbons (Fsp3) is 0.364. The first-order valence-corrected chi connectivity index (χ1v) is 10.3. The molecule has 0 unspecified atom stereocenters. The van der Waals surface area contributed by atoms with Gasteiger partial charge in [-0.2, -0.15) is 10.1 Å². The van der Waals surface area contributed by atoms with Crippen molar-refractivity contribution in [3.63, 3.8) is 0 Å². The number of aryl methyl sites for hydroxylation is 1. The highest BCUT2D eigenvalue weighted by Crippen LogP contribution is 2.26. The summed E-state index contributed by atoms with van der Waals surface area (Å²) in [5.74, 6) is 1.69. The van der Waals surface area contributed by atoms with Crippen LogP contribution in [0.2, 0.25) is 0 Å². The van der Waals surface area contributed by atoms with Crippen LogP contribution in [0.1, 0.15) is 10.5 Å². The summed E-state index contributed by atoms with van der Waals surface area (Å²) in [5, 5.41) is 7.42. The molecule has 1 fully saturated rings. The van der Waals surface area contributed by atoms with E-state index in [2.05, 4.69) is 25.3 Å². The molecule has 1 aliphatic heterocycles. The molecule has 4 rings (SSSR count). The van der Waals surface area contributed by atoms with Gasteiger partial charge in [-0.15, -0.1) is 0 Å². The fourth-order valence-electron chi connectivity index (χ4n) is 3.50. The SMILES string of the molecule is COc1cccc(-c2cc(C(=O)Nc3cnc(N4CCOCC4)nc3N(C)C)n(C)n2)c1. The molecule has 2 aromatic heterocycles. The van der Waals surface area contributed by atoms with E-state index in [0.717, 1.165) is 24.4 Å². The van der Waals surface area contributed by atoms with Crippen molar-refractivity contribution in [2.75, 3.05) is 62.6 Å². The average Bonchev–Trinajstić information content (AvgIpc) is 3.21. The lowest BCUT2D eigenvalue weighted by Gasteiger charge is -2.28. The van der Waals surface area contributed by atoms with E-state index in [-0.39, 0.29) is 5.91 Å². The van der Waals surface area contributed by atoms with Crippen LogP contribution in [0.4, 0.5) is 17.5 Å². The van der Waals surface area contributed by atoms with Crippen LogP contribution in [0.15, 0.2) is 36.5 Å². The first kappa shape index (κ1) is 21.6. The van der Waals surface area contributed by atoms with Crippen molar-refractivity contribution in [2.45, 2.75) is 0 Å². The molecule has 0 radical (unpaired) electrons. The van der Waals surface area contributed by atoms with E-state index in [1.807, 2.05) is 43.3 Å².